The van der Waals surface area contributed by atoms with Crippen LogP contribution in [0.5, 0.6) is 0 Å². The molecule has 2 unspecified atom stereocenters. The Labute approximate surface area is 173 Å². The summed E-state index contributed by atoms with van der Waals surface area (Å²) in [5.74, 6) is 1.04. The molecule has 2 N–H and O–H groups in total. The van der Waals surface area contributed by atoms with Crippen LogP contribution in [0.3, 0.4) is 0 Å². The highest BCUT2D eigenvalue weighted by Crippen LogP contribution is 2.14. The molecule has 1 aliphatic rings. The van der Waals surface area contributed by atoms with Crippen molar-refractivity contribution in [3.63, 3.8) is 0 Å². The van der Waals surface area contributed by atoms with Crippen LogP contribution in [0, 0.1) is 0 Å². The second-order valence-electron chi connectivity index (χ2n) is 7.92. The molecule has 2 atom stereocenters. The molecule has 1 aromatic carbocycles. The smallest absolute Gasteiger partial charge is 0.317 e. The number of hydrogen-bond donors (Lipinski definition) is 2. The number of aromatic nitrogens is 2. The monoisotopic (exact) mass is 399 g/mol. The van der Waals surface area contributed by atoms with Crippen LogP contribution in [-0.2, 0) is 20.0 Å². The van der Waals surface area contributed by atoms with Crippen LogP contribution in [0.1, 0.15) is 31.2 Å². The summed E-state index contributed by atoms with van der Waals surface area (Å²) < 4.78 is 2.04. The highest BCUT2D eigenvalue weighted by molar-refractivity contribution is 5.74. The number of nitrogens with zero attached hydrogens (tertiary/aromatic N) is 4. The molecule has 1 fully saturated rings. The van der Waals surface area contributed by atoms with E-state index in [9.17, 15) is 9.90 Å². The highest BCUT2D eigenvalue weighted by Gasteiger charge is 2.28. The van der Waals surface area contributed by atoms with Crippen molar-refractivity contribution in [2.45, 2.75) is 44.8 Å². The highest BCUT2D eigenvalue weighted by atomic mass is 16.3. The summed E-state index contributed by atoms with van der Waals surface area (Å²) >= 11 is 0. The molecule has 3 rings (SSSR count). The summed E-state index contributed by atoms with van der Waals surface area (Å²) in [5, 5.41) is 12.4. The molecule has 0 saturated carbocycles. The Morgan fingerprint density at radius 1 is 1.31 bits per heavy atom. The fourth-order valence-corrected chi connectivity index (χ4v) is 3.87. The predicted octanol–water partition coefficient (Wildman–Crippen LogP) is 2.02. The number of aliphatic hydroxyl groups excluding tert-OH is 1. The number of imidazole rings is 1. The van der Waals surface area contributed by atoms with E-state index in [1.807, 2.05) is 47.1 Å². The minimum Gasteiger partial charge on any atom is -0.396 e. The van der Waals surface area contributed by atoms with E-state index in [1.165, 1.54) is 5.56 Å². The van der Waals surface area contributed by atoms with Crippen LogP contribution in [0.4, 0.5) is 4.79 Å². The van der Waals surface area contributed by atoms with Crippen molar-refractivity contribution in [1.82, 2.24) is 24.7 Å². The summed E-state index contributed by atoms with van der Waals surface area (Å²) in [6.45, 7) is 5.35. The van der Waals surface area contributed by atoms with Gasteiger partial charge in [0.2, 0.25) is 0 Å². The first-order valence-corrected chi connectivity index (χ1v) is 10.5. The Balaban J connectivity index is 1.54. The molecule has 1 aromatic heterocycles. The molecule has 1 aliphatic heterocycles. The van der Waals surface area contributed by atoms with Crippen LogP contribution < -0.4 is 5.32 Å². The fraction of sp³-hybridized carbons (Fsp3) is 0.545. The van der Waals surface area contributed by atoms with Crippen LogP contribution in [0.25, 0.3) is 0 Å². The SMILES string of the molecule is CC1CN(C(=O)NC(CCCO)Cc2ccccc2)CCN1Cc1nccn1C. The van der Waals surface area contributed by atoms with Crippen LogP contribution in [-0.4, -0.2) is 68.8 Å². The molecule has 2 aromatic rings. The van der Waals surface area contributed by atoms with E-state index < -0.39 is 0 Å². The van der Waals surface area contributed by atoms with Crippen molar-refractivity contribution in [3.05, 3.63) is 54.1 Å². The van der Waals surface area contributed by atoms with Crippen molar-refractivity contribution in [1.29, 1.82) is 0 Å². The normalized spacial score (nSPS) is 18.6. The molecule has 2 amide bonds. The Morgan fingerprint density at radius 2 is 2.10 bits per heavy atom. The number of benzene rings is 1. The minimum absolute atomic E-state index is 0.00707. The number of urea groups is 1. The first-order chi connectivity index (χ1) is 14.1. The van der Waals surface area contributed by atoms with Gasteiger partial charge in [-0.2, -0.15) is 0 Å². The van der Waals surface area contributed by atoms with E-state index in [0.29, 0.717) is 19.5 Å². The molecule has 158 valence electrons. The zero-order valence-electron chi connectivity index (χ0n) is 17.5. The number of piperazine rings is 1. The molecule has 0 spiro atoms. The van der Waals surface area contributed by atoms with Gasteiger partial charge in [-0.1, -0.05) is 30.3 Å². The standard InChI is InChI=1S/C22H33N5O2/c1-18-16-27(13-12-26(18)17-21-23-10-11-25(21)2)22(29)24-20(9-6-14-28)15-19-7-4-3-5-8-19/h3-5,7-8,10-11,18,20,28H,6,9,12-17H2,1-2H3,(H,24,29). The van der Waals surface area contributed by atoms with Gasteiger partial charge in [0.15, 0.2) is 0 Å². The molecule has 2 heterocycles. The molecular weight excluding hydrogens is 366 g/mol. The molecule has 7 heteroatoms. The maximum atomic E-state index is 12.9. The van der Waals surface area contributed by atoms with Crippen molar-refractivity contribution < 1.29 is 9.90 Å². The fourth-order valence-electron chi connectivity index (χ4n) is 3.87. The summed E-state index contributed by atoms with van der Waals surface area (Å²) in [7, 11) is 2.01. The first kappa shape index (κ1) is 21.3. The van der Waals surface area contributed by atoms with E-state index in [2.05, 4.69) is 34.3 Å². The van der Waals surface area contributed by atoms with Crippen LogP contribution >= 0.6 is 0 Å². The van der Waals surface area contributed by atoms with Gasteiger partial charge in [0.25, 0.3) is 0 Å². The van der Waals surface area contributed by atoms with E-state index in [0.717, 1.165) is 31.8 Å². The van der Waals surface area contributed by atoms with Gasteiger partial charge in [-0.15, -0.1) is 0 Å². The topological polar surface area (TPSA) is 73.6 Å². The number of aryl methyl sites for hydroxylation is 1. The van der Waals surface area contributed by atoms with Crippen molar-refractivity contribution in [2.24, 2.45) is 7.05 Å². The number of hydrogen-bond acceptors (Lipinski definition) is 4. The lowest BCUT2D eigenvalue weighted by Gasteiger charge is -2.40. The second-order valence-corrected chi connectivity index (χ2v) is 7.92. The van der Waals surface area contributed by atoms with Gasteiger partial charge in [0.1, 0.15) is 5.82 Å². The van der Waals surface area contributed by atoms with Gasteiger partial charge >= 0.3 is 6.03 Å². The Kier molecular flexibility index (Phi) is 7.66. The molecule has 0 bridgehead atoms. The zero-order chi connectivity index (χ0) is 20.6. The molecular formula is C22H33N5O2. The van der Waals surface area contributed by atoms with Gasteiger partial charge in [0.05, 0.1) is 6.54 Å². The van der Waals surface area contributed by atoms with Crippen molar-refractivity contribution in [3.8, 4) is 0 Å². The summed E-state index contributed by atoms with van der Waals surface area (Å²) in [6, 6.07) is 10.5. The third-order valence-electron chi connectivity index (χ3n) is 5.68. The molecule has 29 heavy (non-hydrogen) atoms. The van der Waals surface area contributed by atoms with Gasteiger partial charge < -0.3 is 19.9 Å². The Hall–Kier alpha value is -2.38. The van der Waals surface area contributed by atoms with Gasteiger partial charge in [0, 0.05) is 57.8 Å². The number of carbonyl (C=O) groups excluding carboxylic acids is 1. The average Bonchev–Trinajstić information content (AvgIpc) is 3.13. The largest absolute Gasteiger partial charge is 0.396 e. The quantitative estimate of drug-likeness (QED) is 0.712. The molecule has 0 aliphatic carbocycles. The lowest BCUT2D eigenvalue weighted by atomic mass is 10.0. The van der Waals surface area contributed by atoms with E-state index in [-0.39, 0.29) is 24.7 Å². The Bertz CT molecular complexity index is 764. The maximum absolute atomic E-state index is 12.9. The van der Waals surface area contributed by atoms with Gasteiger partial charge in [-0.25, -0.2) is 9.78 Å². The number of aliphatic hydroxyl groups is 1. The molecule has 1 saturated heterocycles. The molecule has 0 radical (unpaired) electrons. The van der Waals surface area contributed by atoms with Crippen LogP contribution in [0.15, 0.2) is 42.7 Å². The van der Waals surface area contributed by atoms with Crippen molar-refractivity contribution in [2.75, 3.05) is 26.2 Å². The molecule has 7 nitrogen and oxygen atoms in total. The van der Waals surface area contributed by atoms with Crippen molar-refractivity contribution >= 4 is 6.03 Å². The first-order valence-electron chi connectivity index (χ1n) is 10.5. The van der Waals surface area contributed by atoms with E-state index in [1.54, 1.807) is 0 Å². The number of nitrogens with one attached hydrogen (secondary N) is 1. The number of rotatable bonds is 8. The third-order valence-corrected chi connectivity index (χ3v) is 5.68. The average molecular weight is 400 g/mol. The third kappa shape index (κ3) is 6.05. The summed E-state index contributed by atoms with van der Waals surface area (Å²) in [4.78, 5) is 21.6. The van der Waals surface area contributed by atoms with Gasteiger partial charge in [-0.05, 0) is 31.7 Å². The van der Waals surface area contributed by atoms with Gasteiger partial charge in [-0.3, -0.25) is 4.90 Å². The minimum atomic E-state index is -0.00707. The summed E-state index contributed by atoms with van der Waals surface area (Å²) in [6.07, 6.45) is 6.02. The van der Waals surface area contributed by atoms with E-state index in [4.69, 9.17) is 0 Å². The number of amides is 2. The maximum Gasteiger partial charge on any atom is 0.317 e. The van der Waals surface area contributed by atoms with Crippen LogP contribution in [0.2, 0.25) is 0 Å². The lowest BCUT2D eigenvalue weighted by molar-refractivity contribution is 0.0885. The lowest BCUT2D eigenvalue weighted by Crippen LogP contribution is -2.56. The van der Waals surface area contributed by atoms with E-state index >= 15 is 0 Å². The predicted molar refractivity (Wildman–Crippen MR) is 113 cm³/mol. The number of carbonyl (C=O) groups is 1. The second kappa shape index (κ2) is 10.4. The Morgan fingerprint density at radius 3 is 2.76 bits per heavy atom. The summed E-state index contributed by atoms with van der Waals surface area (Å²) in [5.41, 5.74) is 1.20. The zero-order valence-corrected chi connectivity index (χ0v) is 17.5.